The van der Waals surface area contributed by atoms with Crippen molar-refractivity contribution in [2.45, 2.75) is 360 Å². The lowest BCUT2D eigenvalue weighted by atomic mass is 10.0. The number of nitrogens with one attached hydrogen (secondary N) is 1. The topological polar surface area (TPSA) is 108 Å². The Morgan fingerprint density at radius 1 is 0.431 bits per heavy atom. The Balaban J connectivity index is 3.86. The molecule has 0 heterocycles. The summed E-state index contributed by atoms with van der Waals surface area (Å²) < 4.78 is 23.4. The van der Waals surface area contributed by atoms with Crippen LogP contribution in [-0.4, -0.2) is 68.5 Å². The van der Waals surface area contributed by atoms with Crippen LogP contribution in [0, 0.1) is 0 Å². The summed E-state index contributed by atoms with van der Waals surface area (Å²) in [5.41, 5.74) is 0. The first-order valence-corrected chi connectivity index (χ1v) is 33.8. The molecule has 0 aromatic heterocycles. The van der Waals surface area contributed by atoms with Gasteiger partial charge in [0.15, 0.2) is 0 Å². The molecule has 8 nitrogen and oxygen atoms in total. The average Bonchev–Trinajstić information content (AvgIpc) is 3.34. The van der Waals surface area contributed by atoms with E-state index in [4.69, 9.17) is 9.05 Å². The molecule has 0 saturated carbocycles. The lowest BCUT2D eigenvalue weighted by Crippen LogP contribution is -2.46. The number of likely N-dealkylation sites (N-methyl/N-ethyl adjacent to an activating group) is 1. The van der Waals surface area contributed by atoms with Crippen LogP contribution in [0.1, 0.15) is 348 Å². The second-order valence-electron chi connectivity index (χ2n) is 23.8. The molecule has 1 amide bonds. The number of carbonyl (C=O) groups excluding carboxylic acids is 1. The first kappa shape index (κ1) is 71.5. The van der Waals surface area contributed by atoms with Gasteiger partial charge in [0.2, 0.25) is 5.91 Å². The van der Waals surface area contributed by atoms with Crippen molar-refractivity contribution in [2.75, 3.05) is 40.9 Å². The number of hydrogen-bond acceptors (Lipinski definition) is 6. The molecule has 72 heavy (non-hydrogen) atoms. The van der Waals surface area contributed by atoms with E-state index in [1.165, 1.54) is 283 Å². The maximum absolute atomic E-state index is 13.0. The van der Waals surface area contributed by atoms with Gasteiger partial charge in [-0.1, -0.05) is 328 Å². The van der Waals surface area contributed by atoms with Gasteiger partial charge in [-0.25, -0.2) is 0 Å². The van der Waals surface area contributed by atoms with E-state index in [1.54, 1.807) is 0 Å². The number of unbranched alkanes of at least 4 members (excludes halogenated alkanes) is 48. The quantitative estimate of drug-likeness (QED) is 0.0357. The minimum absolute atomic E-state index is 0.0165. The highest BCUT2D eigenvalue weighted by Gasteiger charge is 2.24. The lowest BCUT2D eigenvalue weighted by molar-refractivity contribution is -0.870. The molecular weight excluding hydrogens is 912 g/mol. The number of rotatable bonds is 61. The van der Waals surface area contributed by atoms with Gasteiger partial charge in [0.1, 0.15) is 13.2 Å². The number of quaternary nitrogens is 1. The van der Waals surface area contributed by atoms with Gasteiger partial charge in [0, 0.05) is 6.42 Å². The maximum atomic E-state index is 13.0. The second kappa shape index (κ2) is 55.3. The van der Waals surface area contributed by atoms with E-state index in [2.05, 4.69) is 19.2 Å². The van der Waals surface area contributed by atoms with E-state index in [0.29, 0.717) is 23.9 Å². The largest absolute Gasteiger partial charge is 0.756 e. The van der Waals surface area contributed by atoms with Gasteiger partial charge in [0.05, 0.1) is 39.9 Å². The van der Waals surface area contributed by atoms with Gasteiger partial charge < -0.3 is 28.8 Å². The van der Waals surface area contributed by atoms with E-state index >= 15 is 0 Å². The molecule has 0 aromatic rings. The molecule has 0 rings (SSSR count). The lowest BCUT2D eigenvalue weighted by Gasteiger charge is -2.30. The molecule has 0 saturated heterocycles. The highest BCUT2D eigenvalue weighted by atomic mass is 31.2. The second-order valence-corrected chi connectivity index (χ2v) is 25.3. The predicted octanol–water partition coefficient (Wildman–Crippen LogP) is 19.4. The summed E-state index contributed by atoms with van der Waals surface area (Å²) in [6.45, 7) is 4.77. The maximum Gasteiger partial charge on any atom is 0.268 e. The van der Waals surface area contributed by atoms with Gasteiger partial charge in [-0.3, -0.25) is 9.36 Å². The van der Waals surface area contributed by atoms with E-state index < -0.39 is 20.0 Å². The summed E-state index contributed by atoms with van der Waals surface area (Å²) in [7, 11) is 1.33. The molecule has 2 N–H and O–H groups in total. The Bertz CT molecular complexity index is 1140. The van der Waals surface area contributed by atoms with Gasteiger partial charge in [-0.2, -0.15) is 0 Å². The van der Waals surface area contributed by atoms with Crippen molar-refractivity contribution in [3.05, 3.63) is 0 Å². The molecule has 0 aliphatic carbocycles. The first-order valence-electron chi connectivity index (χ1n) is 32.4. The van der Waals surface area contributed by atoms with Crippen LogP contribution in [0.3, 0.4) is 0 Å². The van der Waals surface area contributed by atoms with E-state index in [1.807, 2.05) is 21.1 Å². The number of phosphoric acid groups is 1. The molecule has 3 atom stereocenters. The van der Waals surface area contributed by atoms with Crippen LogP contribution in [-0.2, 0) is 18.4 Å². The minimum Gasteiger partial charge on any atom is -0.756 e. The first-order chi connectivity index (χ1) is 35.0. The van der Waals surface area contributed by atoms with Crippen molar-refractivity contribution >= 4 is 13.7 Å². The van der Waals surface area contributed by atoms with E-state index in [9.17, 15) is 19.4 Å². The summed E-state index contributed by atoms with van der Waals surface area (Å²) in [6.07, 6.45) is 67.5. The molecule has 0 fully saturated rings. The molecule has 0 aliphatic heterocycles. The molecule has 0 aromatic carbocycles. The number of nitrogens with zero attached hydrogens (tertiary/aromatic N) is 1. The fraction of sp³-hybridized carbons (Fsp3) is 0.984. The van der Waals surface area contributed by atoms with Crippen LogP contribution in [0.5, 0.6) is 0 Å². The van der Waals surface area contributed by atoms with Crippen molar-refractivity contribution in [1.29, 1.82) is 0 Å². The Morgan fingerprint density at radius 3 is 0.944 bits per heavy atom. The third kappa shape index (κ3) is 57.2. The van der Waals surface area contributed by atoms with Crippen LogP contribution in [0.25, 0.3) is 0 Å². The summed E-state index contributed by atoms with van der Waals surface area (Å²) in [4.78, 5) is 25.5. The zero-order valence-electron chi connectivity index (χ0n) is 49.4. The summed E-state index contributed by atoms with van der Waals surface area (Å²) in [5, 5.41) is 14.0. The van der Waals surface area contributed by atoms with Crippen LogP contribution >= 0.6 is 7.82 Å². The van der Waals surface area contributed by atoms with Gasteiger partial charge in [0.25, 0.3) is 7.82 Å². The van der Waals surface area contributed by atoms with Crippen molar-refractivity contribution in [2.24, 2.45) is 0 Å². The van der Waals surface area contributed by atoms with Gasteiger partial charge >= 0.3 is 0 Å². The number of phosphoric ester groups is 1. The molecule has 0 radical (unpaired) electrons. The summed E-state index contributed by atoms with van der Waals surface area (Å²) in [6, 6.07) is -0.795. The van der Waals surface area contributed by atoms with Crippen molar-refractivity contribution in [1.82, 2.24) is 5.32 Å². The third-order valence-corrected chi connectivity index (χ3v) is 16.3. The number of carbonyl (C=O) groups is 1. The SMILES string of the molecule is CCCCCCCCCCCCCCCCCCCCCCCCCCCCCCCCCCCCCCC(=O)NC(COP(=O)([O-])OCC[N+](C)(C)C)C(O)CCCCCCCCCCCCCCCC. The molecule has 0 bridgehead atoms. The standard InChI is InChI=1S/C63H129N2O6P/c1-6-8-10-12-14-16-18-20-22-23-24-25-26-27-28-29-30-31-32-33-34-35-36-37-38-39-40-41-42-43-45-47-49-51-53-55-57-63(67)64-61(60-71-72(68,69)70-59-58-65(3,4)5)62(66)56-54-52-50-48-46-44-21-19-17-15-13-11-9-7-2/h61-62,66H,6-60H2,1-5H3,(H-,64,67,68,69). The van der Waals surface area contributed by atoms with E-state index in [0.717, 1.165) is 38.5 Å². The summed E-state index contributed by atoms with van der Waals surface area (Å²) >= 11 is 0. The molecular formula is C63H129N2O6P. The Labute approximate surface area is 450 Å². The Morgan fingerprint density at radius 2 is 0.681 bits per heavy atom. The number of hydrogen-bond donors (Lipinski definition) is 2. The zero-order valence-corrected chi connectivity index (χ0v) is 50.3. The van der Waals surface area contributed by atoms with Crippen LogP contribution in [0.4, 0.5) is 0 Å². The molecule has 0 spiro atoms. The van der Waals surface area contributed by atoms with Gasteiger partial charge in [-0.05, 0) is 12.8 Å². The van der Waals surface area contributed by atoms with Crippen LogP contribution < -0.4 is 10.2 Å². The molecule has 9 heteroatoms. The Kier molecular flexibility index (Phi) is 54.9. The molecule has 0 aliphatic rings. The van der Waals surface area contributed by atoms with Crippen molar-refractivity contribution in [3.8, 4) is 0 Å². The van der Waals surface area contributed by atoms with E-state index in [-0.39, 0.29) is 19.1 Å². The molecule has 432 valence electrons. The highest BCUT2D eigenvalue weighted by molar-refractivity contribution is 7.45. The van der Waals surface area contributed by atoms with Crippen molar-refractivity contribution in [3.63, 3.8) is 0 Å². The fourth-order valence-electron chi connectivity index (χ4n) is 10.3. The normalized spacial score (nSPS) is 13.7. The third-order valence-electron chi connectivity index (χ3n) is 15.3. The minimum atomic E-state index is -4.57. The fourth-order valence-corrected chi connectivity index (χ4v) is 11.0. The van der Waals surface area contributed by atoms with Crippen LogP contribution in [0.2, 0.25) is 0 Å². The number of aliphatic hydroxyl groups excluding tert-OH is 1. The van der Waals surface area contributed by atoms with Crippen LogP contribution in [0.15, 0.2) is 0 Å². The predicted molar refractivity (Wildman–Crippen MR) is 312 cm³/mol. The number of amides is 1. The monoisotopic (exact) mass is 1040 g/mol. The number of aliphatic hydroxyl groups is 1. The average molecular weight is 1040 g/mol. The van der Waals surface area contributed by atoms with Gasteiger partial charge in [-0.15, -0.1) is 0 Å². The summed E-state index contributed by atoms with van der Waals surface area (Å²) in [5.74, 6) is -0.156. The Hall–Kier alpha value is -0.500. The highest BCUT2D eigenvalue weighted by Crippen LogP contribution is 2.38. The smallest absolute Gasteiger partial charge is 0.268 e. The molecule has 3 unspecified atom stereocenters. The van der Waals surface area contributed by atoms with Crippen molar-refractivity contribution < 1.29 is 32.9 Å². The zero-order chi connectivity index (χ0) is 52.7.